The lowest BCUT2D eigenvalue weighted by atomic mass is 10.3. The summed E-state index contributed by atoms with van der Waals surface area (Å²) in [5.41, 5.74) is -0.580. The van der Waals surface area contributed by atoms with Crippen LogP contribution >= 0.6 is 0 Å². The molecule has 0 fully saturated rings. The molecule has 0 aliphatic heterocycles. The van der Waals surface area contributed by atoms with Crippen LogP contribution in [0.3, 0.4) is 0 Å². The minimum atomic E-state index is -1.16. The molecule has 0 spiro atoms. The number of carboxylic acid groups (broad SMARTS) is 1. The van der Waals surface area contributed by atoms with E-state index in [-0.39, 0.29) is 18.0 Å². The van der Waals surface area contributed by atoms with Gasteiger partial charge in [0, 0.05) is 18.8 Å². The molecule has 1 aromatic heterocycles. The average molecular weight is 252 g/mol. The lowest BCUT2D eigenvalue weighted by Gasteiger charge is -2.06. The van der Waals surface area contributed by atoms with E-state index in [4.69, 9.17) is 5.11 Å². The fourth-order valence-corrected chi connectivity index (χ4v) is 1.39. The number of carbonyl (C=O) groups excluding carboxylic acids is 1. The van der Waals surface area contributed by atoms with Crippen LogP contribution in [0.5, 0.6) is 0 Å². The van der Waals surface area contributed by atoms with E-state index in [1.807, 2.05) is 6.92 Å². The summed E-state index contributed by atoms with van der Waals surface area (Å²) in [6, 6.07) is 2.30. The number of hydrogen-bond donors (Lipinski definition) is 2. The number of unbranched alkanes of at least 4 members (excludes halogenated alkanes) is 1. The summed E-state index contributed by atoms with van der Waals surface area (Å²) < 4.78 is 1.17. The van der Waals surface area contributed by atoms with Gasteiger partial charge in [-0.05, 0) is 12.5 Å². The van der Waals surface area contributed by atoms with Gasteiger partial charge in [0.1, 0.15) is 6.54 Å². The molecule has 0 aliphatic rings. The first kappa shape index (κ1) is 14.0. The van der Waals surface area contributed by atoms with Crippen molar-refractivity contribution in [1.29, 1.82) is 0 Å². The standard InChI is InChI=1S/C12H16N2O4/c1-2-3-5-13-10(15)8-14-6-4-9(12(17)18)7-11(14)16/h4,6-7H,2-3,5,8H2,1H3,(H,13,15)(H,17,18). The van der Waals surface area contributed by atoms with Crippen LogP contribution in [0.15, 0.2) is 23.1 Å². The Labute approximate surface area is 104 Å². The van der Waals surface area contributed by atoms with Crippen LogP contribution in [-0.2, 0) is 11.3 Å². The maximum Gasteiger partial charge on any atom is 0.335 e. The van der Waals surface area contributed by atoms with Crippen LogP contribution < -0.4 is 10.9 Å². The summed E-state index contributed by atoms with van der Waals surface area (Å²) >= 11 is 0. The minimum absolute atomic E-state index is 0.0809. The van der Waals surface area contributed by atoms with Crippen molar-refractivity contribution in [3.05, 3.63) is 34.2 Å². The largest absolute Gasteiger partial charge is 0.478 e. The molecule has 0 radical (unpaired) electrons. The summed E-state index contributed by atoms with van der Waals surface area (Å²) in [6.45, 7) is 2.50. The van der Waals surface area contributed by atoms with E-state index in [1.165, 1.54) is 16.8 Å². The molecule has 0 saturated heterocycles. The van der Waals surface area contributed by atoms with Crippen molar-refractivity contribution in [3.8, 4) is 0 Å². The van der Waals surface area contributed by atoms with Gasteiger partial charge in [-0.1, -0.05) is 13.3 Å². The van der Waals surface area contributed by atoms with Crippen molar-refractivity contribution < 1.29 is 14.7 Å². The first-order valence-electron chi connectivity index (χ1n) is 5.75. The lowest BCUT2D eigenvalue weighted by Crippen LogP contribution is -2.32. The number of nitrogens with zero attached hydrogens (tertiary/aromatic N) is 1. The lowest BCUT2D eigenvalue weighted by molar-refractivity contribution is -0.121. The van der Waals surface area contributed by atoms with E-state index < -0.39 is 11.5 Å². The topological polar surface area (TPSA) is 88.4 Å². The normalized spacial score (nSPS) is 10.1. The number of aromatic carboxylic acids is 1. The number of amides is 1. The third-order valence-corrected chi connectivity index (χ3v) is 2.41. The van der Waals surface area contributed by atoms with Crippen LogP contribution in [0, 0.1) is 0 Å². The van der Waals surface area contributed by atoms with Gasteiger partial charge >= 0.3 is 5.97 Å². The van der Waals surface area contributed by atoms with E-state index in [0.717, 1.165) is 18.9 Å². The predicted octanol–water partition coefficient (Wildman–Crippen LogP) is 0.463. The molecule has 0 aromatic carbocycles. The third kappa shape index (κ3) is 4.04. The zero-order valence-electron chi connectivity index (χ0n) is 10.2. The fraction of sp³-hybridized carbons (Fsp3) is 0.417. The fourth-order valence-electron chi connectivity index (χ4n) is 1.39. The van der Waals surface area contributed by atoms with Crippen molar-refractivity contribution in [3.63, 3.8) is 0 Å². The van der Waals surface area contributed by atoms with E-state index in [2.05, 4.69) is 5.32 Å². The number of carboxylic acids is 1. The highest BCUT2D eigenvalue weighted by Crippen LogP contribution is 1.94. The number of rotatable bonds is 6. The van der Waals surface area contributed by atoms with Gasteiger partial charge in [-0.3, -0.25) is 9.59 Å². The van der Waals surface area contributed by atoms with Crippen LogP contribution in [0.2, 0.25) is 0 Å². The average Bonchev–Trinajstić information content (AvgIpc) is 2.32. The second-order valence-corrected chi connectivity index (χ2v) is 3.89. The second kappa shape index (κ2) is 6.58. The van der Waals surface area contributed by atoms with Gasteiger partial charge in [0.2, 0.25) is 5.91 Å². The maximum absolute atomic E-state index is 11.5. The molecule has 18 heavy (non-hydrogen) atoms. The molecule has 0 atom stereocenters. The second-order valence-electron chi connectivity index (χ2n) is 3.89. The Kier molecular flexibility index (Phi) is 5.10. The van der Waals surface area contributed by atoms with Crippen LogP contribution in [0.25, 0.3) is 0 Å². The highest BCUT2D eigenvalue weighted by molar-refractivity contribution is 5.87. The zero-order valence-corrected chi connectivity index (χ0v) is 10.2. The smallest absolute Gasteiger partial charge is 0.335 e. The molecular weight excluding hydrogens is 236 g/mol. The Balaban J connectivity index is 2.65. The Morgan fingerprint density at radius 1 is 1.44 bits per heavy atom. The first-order valence-corrected chi connectivity index (χ1v) is 5.75. The highest BCUT2D eigenvalue weighted by Gasteiger charge is 2.07. The summed E-state index contributed by atoms with van der Waals surface area (Å²) in [6.07, 6.45) is 3.18. The molecule has 1 amide bonds. The minimum Gasteiger partial charge on any atom is -0.478 e. The molecule has 98 valence electrons. The molecular formula is C12H16N2O4. The van der Waals surface area contributed by atoms with E-state index in [0.29, 0.717) is 6.54 Å². The van der Waals surface area contributed by atoms with E-state index in [1.54, 1.807) is 0 Å². The molecule has 0 saturated carbocycles. The molecule has 2 N–H and O–H groups in total. The van der Waals surface area contributed by atoms with Crippen molar-refractivity contribution in [2.24, 2.45) is 0 Å². The molecule has 6 nitrogen and oxygen atoms in total. The van der Waals surface area contributed by atoms with Gasteiger partial charge in [-0.25, -0.2) is 4.79 Å². The van der Waals surface area contributed by atoms with Gasteiger partial charge in [-0.2, -0.15) is 0 Å². The summed E-state index contributed by atoms with van der Waals surface area (Å²) in [4.78, 5) is 33.6. The quantitative estimate of drug-likeness (QED) is 0.720. The number of carbonyl (C=O) groups is 2. The van der Waals surface area contributed by atoms with E-state index in [9.17, 15) is 14.4 Å². The SMILES string of the molecule is CCCCNC(=O)Cn1ccc(C(=O)O)cc1=O. The summed E-state index contributed by atoms with van der Waals surface area (Å²) in [7, 11) is 0. The van der Waals surface area contributed by atoms with E-state index >= 15 is 0 Å². The van der Waals surface area contributed by atoms with Crippen molar-refractivity contribution in [2.75, 3.05) is 6.54 Å². The van der Waals surface area contributed by atoms with Crippen LogP contribution in [-0.4, -0.2) is 28.1 Å². The van der Waals surface area contributed by atoms with Gasteiger partial charge < -0.3 is 15.0 Å². The predicted molar refractivity (Wildman–Crippen MR) is 65.6 cm³/mol. The molecule has 6 heteroatoms. The Morgan fingerprint density at radius 2 is 2.17 bits per heavy atom. The first-order chi connectivity index (χ1) is 8.54. The molecule has 1 heterocycles. The van der Waals surface area contributed by atoms with Gasteiger partial charge in [0.05, 0.1) is 5.56 Å². The summed E-state index contributed by atoms with van der Waals surface area (Å²) in [5, 5.41) is 11.4. The molecule has 1 rings (SSSR count). The van der Waals surface area contributed by atoms with Crippen molar-refractivity contribution in [2.45, 2.75) is 26.3 Å². The Hall–Kier alpha value is -2.11. The number of hydrogen-bond acceptors (Lipinski definition) is 3. The maximum atomic E-state index is 11.5. The Morgan fingerprint density at radius 3 is 2.72 bits per heavy atom. The molecule has 1 aromatic rings. The monoisotopic (exact) mass is 252 g/mol. The number of pyridine rings is 1. The van der Waals surface area contributed by atoms with Crippen LogP contribution in [0.4, 0.5) is 0 Å². The van der Waals surface area contributed by atoms with Gasteiger partial charge in [0.15, 0.2) is 0 Å². The van der Waals surface area contributed by atoms with Gasteiger partial charge in [0.25, 0.3) is 5.56 Å². The Bertz CT molecular complexity index is 493. The zero-order chi connectivity index (χ0) is 13.5. The highest BCUT2D eigenvalue weighted by atomic mass is 16.4. The van der Waals surface area contributed by atoms with Gasteiger partial charge in [-0.15, -0.1) is 0 Å². The van der Waals surface area contributed by atoms with Crippen LogP contribution in [0.1, 0.15) is 30.1 Å². The number of nitrogens with one attached hydrogen (secondary N) is 1. The van der Waals surface area contributed by atoms with Crippen molar-refractivity contribution in [1.82, 2.24) is 9.88 Å². The molecule has 0 unspecified atom stereocenters. The van der Waals surface area contributed by atoms with Crippen molar-refractivity contribution >= 4 is 11.9 Å². The number of aromatic nitrogens is 1. The summed E-state index contributed by atoms with van der Waals surface area (Å²) in [5.74, 6) is -1.42. The third-order valence-electron chi connectivity index (χ3n) is 2.41. The molecule has 0 aliphatic carbocycles. The molecule has 0 bridgehead atoms.